The van der Waals surface area contributed by atoms with E-state index in [2.05, 4.69) is 34.9 Å². The third kappa shape index (κ3) is 3.94. The molecule has 0 unspecified atom stereocenters. The summed E-state index contributed by atoms with van der Waals surface area (Å²) >= 11 is 7.15. The Bertz CT molecular complexity index is 354. The lowest BCUT2D eigenvalue weighted by Gasteiger charge is -2.08. The number of hydrogen-bond donors (Lipinski definition) is 1. The third-order valence-corrected chi connectivity index (χ3v) is 3.54. The third-order valence-electron chi connectivity index (χ3n) is 2.53. The van der Waals surface area contributed by atoms with Crippen molar-refractivity contribution in [3.8, 4) is 0 Å². The highest BCUT2D eigenvalue weighted by Crippen LogP contribution is 2.13. The summed E-state index contributed by atoms with van der Waals surface area (Å²) in [6.45, 7) is 5.29. The van der Waals surface area contributed by atoms with E-state index < -0.39 is 0 Å². The minimum absolute atomic E-state index is 0.430. The van der Waals surface area contributed by atoms with E-state index in [0.29, 0.717) is 5.92 Å². The van der Waals surface area contributed by atoms with Crippen molar-refractivity contribution >= 4 is 24.0 Å². The highest BCUT2D eigenvalue weighted by Gasteiger charge is 2.08. The van der Waals surface area contributed by atoms with Crippen LogP contribution in [0.15, 0.2) is 0 Å². The molecule has 0 aliphatic heterocycles. The van der Waals surface area contributed by atoms with Crippen LogP contribution in [0.5, 0.6) is 0 Å². The summed E-state index contributed by atoms with van der Waals surface area (Å²) in [4.78, 5) is 0. The van der Waals surface area contributed by atoms with Crippen LogP contribution >= 0.6 is 24.0 Å². The van der Waals surface area contributed by atoms with Gasteiger partial charge in [0.05, 0.1) is 0 Å². The Kier molecular flexibility index (Phi) is 6.13. The Labute approximate surface area is 107 Å². The molecule has 1 heterocycles. The molecule has 0 spiro atoms. The summed E-state index contributed by atoms with van der Waals surface area (Å²) in [5.41, 5.74) is 0. The van der Waals surface area contributed by atoms with Gasteiger partial charge in [0, 0.05) is 12.5 Å². The Hall–Kier alpha value is -0.290. The predicted octanol–water partition coefficient (Wildman–Crippen LogP) is 3.60. The second-order valence-corrected chi connectivity index (χ2v) is 5.62. The highest BCUT2D eigenvalue weighted by molar-refractivity contribution is 7.98. The normalized spacial score (nSPS) is 11.2. The highest BCUT2D eigenvalue weighted by atomic mass is 32.2. The van der Waals surface area contributed by atoms with Gasteiger partial charge in [-0.25, -0.2) is 0 Å². The lowest BCUT2D eigenvalue weighted by molar-refractivity contribution is 0.562. The fraction of sp³-hybridized carbons (Fsp3) is 0.818. The number of thioether (sulfide) groups is 1. The van der Waals surface area contributed by atoms with Gasteiger partial charge in [-0.15, -0.1) is 0 Å². The molecule has 1 aromatic heterocycles. The maximum Gasteiger partial charge on any atom is 0.195 e. The van der Waals surface area contributed by atoms with Crippen molar-refractivity contribution in [3.05, 3.63) is 10.6 Å². The van der Waals surface area contributed by atoms with Gasteiger partial charge in [-0.05, 0) is 37.1 Å². The SMILES string of the molecule is CSCCCCCn1c(C(C)C)n[nH]c1=S. The van der Waals surface area contributed by atoms with E-state index in [9.17, 15) is 0 Å². The monoisotopic (exact) mass is 259 g/mol. The molecule has 3 nitrogen and oxygen atoms in total. The van der Waals surface area contributed by atoms with Crippen LogP contribution in [0.1, 0.15) is 44.9 Å². The molecule has 0 saturated heterocycles. The van der Waals surface area contributed by atoms with Gasteiger partial charge in [-0.2, -0.15) is 16.9 Å². The Morgan fingerprint density at radius 3 is 2.75 bits per heavy atom. The van der Waals surface area contributed by atoms with Gasteiger partial charge in [-0.3, -0.25) is 5.10 Å². The van der Waals surface area contributed by atoms with Crippen molar-refractivity contribution in [1.29, 1.82) is 0 Å². The summed E-state index contributed by atoms with van der Waals surface area (Å²) in [5.74, 6) is 2.77. The van der Waals surface area contributed by atoms with E-state index in [4.69, 9.17) is 12.2 Å². The first-order chi connectivity index (χ1) is 7.66. The minimum Gasteiger partial charge on any atom is -0.304 e. The molecular weight excluding hydrogens is 238 g/mol. The largest absolute Gasteiger partial charge is 0.304 e. The molecule has 1 rings (SSSR count). The van der Waals surface area contributed by atoms with Gasteiger partial charge >= 0.3 is 0 Å². The van der Waals surface area contributed by atoms with Crippen molar-refractivity contribution in [2.45, 2.75) is 45.6 Å². The number of nitrogens with one attached hydrogen (secondary N) is 1. The fourth-order valence-corrected chi connectivity index (χ4v) is 2.40. The first-order valence-corrected chi connectivity index (χ1v) is 7.61. The smallest absolute Gasteiger partial charge is 0.195 e. The number of aromatic amines is 1. The molecule has 92 valence electrons. The number of aromatic nitrogens is 3. The van der Waals surface area contributed by atoms with Crippen LogP contribution in [0.2, 0.25) is 0 Å². The van der Waals surface area contributed by atoms with Gasteiger partial charge in [0.2, 0.25) is 0 Å². The van der Waals surface area contributed by atoms with Crippen molar-refractivity contribution in [1.82, 2.24) is 14.8 Å². The molecule has 5 heteroatoms. The van der Waals surface area contributed by atoms with Crippen LogP contribution in [-0.4, -0.2) is 26.8 Å². The van der Waals surface area contributed by atoms with Crippen molar-refractivity contribution in [3.63, 3.8) is 0 Å². The molecule has 0 fully saturated rings. The minimum atomic E-state index is 0.430. The molecule has 0 radical (unpaired) electrons. The summed E-state index contributed by atoms with van der Waals surface area (Å²) in [6.07, 6.45) is 5.91. The zero-order valence-electron chi connectivity index (χ0n) is 10.3. The maximum atomic E-state index is 5.23. The van der Waals surface area contributed by atoms with Crippen molar-refractivity contribution < 1.29 is 0 Å². The standard InChI is InChI=1S/C11H21N3S2/c1-9(2)10-12-13-11(15)14(10)7-5-4-6-8-16-3/h9H,4-8H2,1-3H3,(H,13,15). The quantitative estimate of drug-likeness (QED) is 0.600. The molecule has 1 aromatic rings. The van der Waals surface area contributed by atoms with Crippen LogP contribution < -0.4 is 0 Å². The van der Waals surface area contributed by atoms with Crippen LogP contribution in [-0.2, 0) is 6.54 Å². The Balaban J connectivity index is 2.46. The molecule has 0 atom stereocenters. The second kappa shape index (κ2) is 7.12. The summed E-state index contributed by atoms with van der Waals surface area (Å²) in [7, 11) is 0. The van der Waals surface area contributed by atoms with Crippen molar-refractivity contribution in [2.24, 2.45) is 0 Å². The van der Waals surface area contributed by atoms with Crippen LogP contribution in [0.25, 0.3) is 0 Å². The number of H-pyrrole nitrogens is 1. The lowest BCUT2D eigenvalue weighted by Crippen LogP contribution is -2.06. The van der Waals surface area contributed by atoms with Gasteiger partial charge in [0.15, 0.2) is 4.77 Å². The average molecular weight is 259 g/mol. The van der Waals surface area contributed by atoms with E-state index in [1.54, 1.807) is 0 Å². The molecule has 0 aliphatic rings. The summed E-state index contributed by atoms with van der Waals surface area (Å²) in [6, 6.07) is 0. The van der Waals surface area contributed by atoms with Crippen LogP contribution in [0, 0.1) is 4.77 Å². The number of nitrogens with zero attached hydrogens (tertiary/aromatic N) is 2. The second-order valence-electron chi connectivity index (χ2n) is 4.25. The van der Waals surface area contributed by atoms with Gasteiger partial charge in [0.1, 0.15) is 5.82 Å². The fourth-order valence-electron chi connectivity index (χ4n) is 1.68. The molecule has 1 N–H and O–H groups in total. The maximum absolute atomic E-state index is 5.23. The first kappa shape index (κ1) is 13.8. The van der Waals surface area contributed by atoms with Crippen LogP contribution in [0.4, 0.5) is 0 Å². The van der Waals surface area contributed by atoms with Crippen LogP contribution in [0.3, 0.4) is 0 Å². The molecule has 0 saturated carbocycles. The number of unbranched alkanes of at least 4 members (excludes halogenated alkanes) is 2. The van der Waals surface area contributed by atoms with E-state index in [0.717, 1.165) is 17.1 Å². The van der Waals surface area contributed by atoms with E-state index in [-0.39, 0.29) is 0 Å². The molecule has 0 amide bonds. The van der Waals surface area contributed by atoms with Gasteiger partial charge in [-0.1, -0.05) is 20.3 Å². The number of rotatable bonds is 7. The summed E-state index contributed by atoms with van der Waals surface area (Å²) < 4.78 is 2.90. The Morgan fingerprint density at radius 1 is 1.38 bits per heavy atom. The molecular formula is C11H21N3S2. The molecule has 16 heavy (non-hydrogen) atoms. The lowest BCUT2D eigenvalue weighted by atomic mass is 10.2. The summed E-state index contributed by atoms with van der Waals surface area (Å²) in [5, 5.41) is 7.15. The zero-order valence-corrected chi connectivity index (χ0v) is 12.0. The van der Waals surface area contributed by atoms with Gasteiger partial charge < -0.3 is 4.57 Å². The van der Waals surface area contributed by atoms with E-state index in [1.165, 1.54) is 25.0 Å². The van der Waals surface area contributed by atoms with Crippen molar-refractivity contribution in [2.75, 3.05) is 12.0 Å². The molecule has 0 aromatic carbocycles. The average Bonchev–Trinajstić information content (AvgIpc) is 2.60. The predicted molar refractivity (Wildman–Crippen MR) is 73.7 cm³/mol. The number of hydrogen-bond acceptors (Lipinski definition) is 3. The van der Waals surface area contributed by atoms with E-state index >= 15 is 0 Å². The molecule has 0 aliphatic carbocycles. The first-order valence-electron chi connectivity index (χ1n) is 5.81. The topological polar surface area (TPSA) is 33.6 Å². The van der Waals surface area contributed by atoms with E-state index in [1.807, 2.05) is 11.8 Å². The van der Waals surface area contributed by atoms with Gasteiger partial charge in [0.25, 0.3) is 0 Å². The zero-order chi connectivity index (χ0) is 12.0. The molecule has 0 bridgehead atoms. The Morgan fingerprint density at radius 2 is 2.12 bits per heavy atom.